The van der Waals surface area contributed by atoms with Crippen molar-refractivity contribution in [3.63, 3.8) is 0 Å². The Labute approximate surface area is 125 Å². The van der Waals surface area contributed by atoms with Crippen molar-refractivity contribution < 1.29 is 13.6 Å². The minimum Gasteiger partial charge on any atom is -0.345 e. The molecule has 112 valence electrons. The lowest BCUT2D eigenvalue weighted by Crippen LogP contribution is -2.27. The van der Waals surface area contributed by atoms with Gasteiger partial charge in [0.05, 0.1) is 23.3 Å². The molecule has 3 aromatic rings. The Bertz CT molecular complexity index is 844. The van der Waals surface area contributed by atoms with Gasteiger partial charge in [0, 0.05) is 17.0 Å². The smallest absolute Gasteiger partial charge is 0.253 e. The maximum atomic E-state index is 13.7. The number of aromatic amines is 1. The topological polar surface area (TPSA) is 57.8 Å². The number of hydrogen-bond acceptors (Lipinski definition) is 2. The number of carbonyl (C=O) groups is 1. The van der Waals surface area contributed by atoms with E-state index < -0.39 is 17.7 Å². The second-order valence-electron chi connectivity index (χ2n) is 5.00. The lowest BCUT2D eigenvalue weighted by atomic mass is 10.1. The number of para-hydroxylation sites is 1. The zero-order valence-corrected chi connectivity index (χ0v) is 11.7. The predicted octanol–water partition coefficient (Wildman–Crippen LogP) is 3.33. The van der Waals surface area contributed by atoms with Crippen LogP contribution < -0.4 is 5.32 Å². The second-order valence-corrected chi connectivity index (χ2v) is 5.00. The highest BCUT2D eigenvalue weighted by molar-refractivity contribution is 6.05. The van der Waals surface area contributed by atoms with E-state index in [9.17, 15) is 13.6 Å². The van der Waals surface area contributed by atoms with Gasteiger partial charge in [-0.05, 0) is 19.1 Å². The van der Waals surface area contributed by atoms with Gasteiger partial charge in [-0.2, -0.15) is 5.10 Å². The number of nitrogens with zero attached hydrogens (tertiary/aromatic N) is 1. The van der Waals surface area contributed by atoms with E-state index >= 15 is 0 Å². The summed E-state index contributed by atoms with van der Waals surface area (Å²) in [5, 5.41) is 10.2. The minimum atomic E-state index is -0.687. The summed E-state index contributed by atoms with van der Waals surface area (Å²) in [6.45, 7) is 1.64. The zero-order valence-electron chi connectivity index (χ0n) is 11.7. The van der Waals surface area contributed by atoms with Gasteiger partial charge in [-0.3, -0.25) is 9.89 Å². The van der Waals surface area contributed by atoms with Crippen LogP contribution in [-0.4, -0.2) is 16.1 Å². The van der Waals surface area contributed by atoms with Crippen molar-refractivity contribution in [3.05, 3.63) is 65.4 Å². The average molecular weight is 301 g/mol. The number of halogens is 2. The van der Waals surface area contributed by atoms with Gasteiger partial charge in [-0.1, -0.05) is 18.2 Å². The van der Waals surface area contributed by atoms with Crippen LogP contribution in [-0.2, 0) is 0 Å². The van der Waals surface area contributed by atoms with E-state index in [1.165, 1.54) is 6.07 Å². The molecule has 0 bridgehead atoms. The van der Waals surface area contributed by atoms with Gasteiger partial charge in [-0.15, -0.1) is 0 Å². The summed E-state index contributed by atoms with van der Waals surface area (Å²) in [5.74, 6) is -1.69. The molecule has 2 N–H and O–H groups in total. The average Bonchev–Trinajstić information content (AvgIpc) is 2.95. The Morgan fingerprint density at radius 1 is 1.27 bits per heavy atom. The molecule has 0 fully saturated rings. The first kappa shape index (κ1) is 14.2. The normalized spacial score (nSPS) is 12.3. The Morgan fingerprint density at radius 2 is 2.09 bits per heavy atom. The van der Waals surface area contributed by atoms with Crippen molar-refractivity contribution in [1.82, 2.24) is 15.5 Å². The van der Waals surface area contributed by atoms with Crippen molar-refractivity contribution in [3.8, 4) is 0 Å². The van der Waals surface area contributed by atoms with Crippen molar-refractivity contribution in [2.75, 3.05) is 0 Å². The molecule has 0 saturated carbocycles. The van der Waals surface area contributed by atoms with Gasteiger partial charge in [0.15, 0.2) is 0 Å². The summed E-state index contributed by atoms with van der Waals surface area (Å²) in [6.07, 6.45) is 1.62. The lowest BCUT2D eigenvalue weighted by molar-refractivity contribution is 0.0941. The molecule has 0 unspecified atom stereocenters. The van der Waals surface area contributed by atoms with Gasteiger partial charge in [0.2, 0.25) is 0 Å². The molecule has 6 heteroatoms. The monoisotopic (exact) mass is 301 g/mol. The molecule has 0 aliphatic heterocycles. The van der Waals surface area contributed by atoms with Crippen LogP contribution in [0.1, 0.15) is 28.9 Å². The summed E-state index contributed by atoms with van der Waals surface area (Å²) in [7, 11) is 0. The number of nitrogens with one attached hydrogen (secondary N) is 2. The molecule has 4 nitrogen and oxygen atoms in total. The number of H-pyrrole nitrogens is 1. The van der Waals surface area contributed by atoms with Crippen LogP contribution in [0.5, 0.6) is 0 Å². The summed E-state index contributed by atoms with van der Waals surface area (Å²) in [5.41, 5.74) is 1.27. The molecule has 1 aromatic heterocycles. The molecule has 22 heavy (non-hydrogen) atoms. The van der Waals surface area contributed by atoms with Crippen LogP contribution in [0.15, 0.2) is 42.6 Å². The Balaban J connectivity index is 1.86. The largest absolute Gasteiger partial charge is 0.345 e. The molecule has 1 heterocycles. The zero-order chi connectivity index (χ0) is 15.7. The fourth-order valence-corrected chi connectivity index (χ4v) is 2.36. The molecule has 0 saturated heterocycles. The first-order valence-electron chi connectivity index (χ1n) is 6.74. The van der Waals surface area contributed by atoms with Gasteiger partial charge < -0.3 is 5.32 Å². The highest BCUT2D eigenvalue weighted by atomic mass is 19.1. The maximum Gasteiger partial charge on any atom is 0.253 e. The molecule has 0 aliphatic rings. The number of hydrogen-bond donors (Lipinski definition) is 2. The van der Waals surface area contributed by atoms with Crippen LogP contribution in [0, 0.1) is 11.6 Å². The van der Waals surface area contributed by atoms with Crippen LogP contribution in [0.4, 0.5) is 8.78 Å². The lowest BCUT2D eigenvalue weighted by Gasteiger charge is -2.15. The van der Waals surface area contributed by atoms with Crippen LogP contribution in [0.2, 0.25) is 0 Å². The third-order valence-corrected chi connectivity index (χ3v) is 3.50. The second kappa shape index (κ2) is 5.55. The molecule has 1 amide bonds. The van der Waals surface area contributed by atoms with E-state index in [0.717, 1.165) is 17.5 Å². The van der Waals surface area contributed by atoms with E-state index in [0.29, 0.717) is 11.1 Å². The minimum absolute atomic E-state index is 0.228. The van der Waals surface area contributed by atoms with Crippen molar-refractivity contribution >= 4 is 16.8 Å². The summed E-state index contributed by atoms with van der Waals surface area (Å²) in [6, 6.07) is 7.93. The van der Waals surface area contributed by atoms with E-state index in [4.69, 9.17) is 0 Å². The van der Waals surface area contributed by atoms with Gasteiger partial charge in [-0.25, -0.2) is 8.78 Å². The predicted molar refractivity (Wildman–Crippen MR) is 78.3 cm³/mol. The number of rotatable bonds is 3. The number of benzene rings is 2. The van der Waals surface area contributed by atoms with Crippen LogP contribution >= 0.6 is 0 Å². The van der Waals surface area contributed by atoms with Crippen LogP contribution in [0.3, 0.4) is 0 Å². The molecule has 0 radical (unpaired) electrons. The summed E-state index contributed by atoms with van der Waals surface area (Å²) < 4.78 is 26.7. The van der Waals surface area contributed by atoms with Gasteiger partial charge in [0.25, 0.3) is 5.91 Å². The van der Waals surface area contributed by atoms with Crippen molar-refractivity contribution in [2.24, 2.45) is 0 Å². The fraction of sp³-hybridized carbons (Fsp3) is 0.125. The molecular weight excluding hydrogens is 288 g/mol. The number of fused-ring (bicyclic) bond motifs is 1. The standard InChI is InChI=1S/C16H13F2N3O/c1-9(12-6-5-11(17)7-14(12)18)20-16(22)13-4-2-3-10-8-19-21-15(10)13/h2-9H,1H3,(H,19,21)(H,20,22)/t9-/m0/s1. The number of amides is 1. The molecular formula is C16H13F2N3O. The van der Waals surface area contributed by atoms with E-state index in [-0.39, 0.29) is 11.5 Å². The first-order valence-corrected chi connectivity index (χ1v) is 6.74. The molecule has 2 aromatic carbocycles. The van der Waals surface area contributed by atoms with Crippen molar-refractivity contribution in [1.29, 1.82) is 0 Å². The number of carbonyl (C=O) groups excluding carboxylic acids is 1. The van der Waals surface area contributed by atoms with Gasteiger partial charge >= 0.3 is 0 Å². The highest BCUT2D eigenvalue weighted by Crippen LogP contribution is 2.20. The Hall–Kier alpha value is -2.76. The number of aromatic nitrogens is 2. The fourth-order valence-electron chi connectivity index (χ4n) is 2.36. The maximum absolute atomic E-state index is 13.7. The Kier molecular flexibility index (Phi) is 3.58. The van der Waals surface area contributed by atoms with Gasteiger partial charge in [0.1, 0.15) is 11.6 Å². The first-order chi connectivity index (χ1) is 10.6. The summed E-state index contributed by atoms with van der Waals surface area (Å²) in [4.78, 5) is 12.4. The SMILES string of the molecule is C[C@H](NC(=O)c1cccc2cn[nH]c12)c1ccc(F)cc1F. The van der Waals surface area contributed by atoms with E-state index in [1.54, 1.807) is 25.3 Å². The van der Waals surface area contributed by atoms with Crippen molar-refractivity contribution in [2.45, 2.75) is 13.0 Å². The van der Waals surface area contributed by atoms with E-state index in [1.807, 2.05) is 6.07 Å². The third-order valence-electron chi connectivity index (χ3n) is 3.50. The molecule has 3 rings (SSSR count). The quantitative estimate of drug-likeness (QED) is 0.779. The summed E-state index contributed by atoms with van der Waals surface area (Å²) >= 11 is 0. The molecule has 0 aliphatic carbocycles. The molecule has 0 spiro atoms. The Morgan fingerprint density at radius 3 is 2.86 bits per heavy atom. The van der Waals surface area contributed by atoms with E-state index in [2.05, 4.69) is 15.5 Å². The van der Waals surface area contributed by atoms with Crippen LogP contribution in [0.25, 0.3) is 10.9 Å². The highest BCUT2D eigenvalue weighted by Gasteiger charge is 2.17. The third kappa shape index (κ3) is 2.55. The molecule has 1 atom stereocenters.